The quantitative estimate of drug-likeness (QED) is 0.0728. The molecule has 0 aromatic rings. The number of carboxylic acid groups (broad SMARTS) is 3. The molecule has 7 heteroatoms. The van der Waals surface area contributed by atoms with E-state index in [1.54, 1.807) is 0 Å². The van der Waals surface area contributed by atoms with Gasteiger partial charge in [0, 0.05) is 17.9 Å². The van der Waals surface area contributed by atoms with Gasteiger partial charge in [-0.3, -0.25) is 0 Å². The monoisotopic (exact) mass is 649 g/mol. The van der Waals surface area contributed by atoms with Gasteiger partial charge in [0.2, 0.25) is 0 Å². The third-order valence-corrected chi connectivity index (χ3v) is 7.45. The molecule has 0 heterocycles. The minimum absolute atomic E-state index is 0. The van der Waals surface area contributed by atoms with E-state index in [9.17, 15) is 29.7 Å². The molecule has 0 bridgehead atoms. The Kier molecular flexibility index (Phi) is 51.5. The summed E-state index contributed by atoms with van der Waals surface area (Å²) in [6, 6.07) is 0. The van der Waals surface area contributed by atoms with E-state index < -0.39 is 17.9 Å². The van der Waals surface area contributed by atoms with Crippen molar-refractivity contribution in [2.24, 2.45) is 0 Å². The van der Waals surface area contributed by atoms with E-state index in [0.717, 1.165) is 38.5 Å². The van der Waals surface area contributed by atoms with Crippen LogP contribution in [0, 0.1) is 0 Å². The Balaban J connectivity index is -0.000000262. The summed E-state index contributed by atoms with van der Waals surface area (Å²) in [7, 11) is 0. The van der Waals surface area contributed by atoms with Crippen LogP contribution in [0.3, 0.4) is 0 Å². The van der Waals surface area contributed by atoms with Crippen molar-refractivity contribution in [3.05, 3.63) is 0 Å². The molecule has 0 unspecified atom stereocenters. The maximum Gasteiger partial charge on any atom is 3.00 e. The number of rotatable bonds is 30. The normalized spacial score (nSPS) is 10.1. The maximum atomic E-state index is 10.1. The van der Waals surface area contributed by atoms with Gasteiger partial charge in [0.15, 0.2) is 0 Å². The Labute approximate surface area is 277 Å². The number of carboxylic acids is 3. The molecule has 0 amide bonds. The average molecular weight is 650 g/mol. The van der Waals surface area contributed by atoms with Crippen molar-refractivity contribution in [3.63, 3.8) is 0 Å². The second-order valence-corrected chi connectivity index (χ2v) is 11.9. The van der Waals surface area contributed by atoms with Crippen molar-refractivity contribution >= 4 is 17.9 Å². The van der Waals surface area contributed by atoms with E-state index in [2.05, 4.69) is 20.8 Å². The minimum Gasteiger partial charge on any atom is -0.550 e. The molecule has 0 aliphatic carbocycles. The number of carbonyl (C=O) groups is 3. The van der Waals surface area contributed by atoms with E-state index in [4.69, 9.17) is 0 Å². The Morgan fingerprint density at radius 2 is 0.442 bits per heavy atom. The number of unbranched alkanes of at least 4 members (excludes halogenated alkanes) is 24. The van der Waals surface area contributed by atoms with E-state index in [1.165, 1.54) is 135 Å². The summed E-state index contributed by atoms with van der Waals surface area (Å²) in [6.45, 7) is 6.67. The molecule has 255 valence electrons. The van der Waals surface area contributed by atoms with E-state index in [-0.39, 0.29) is 36.6 Å². The van der Waals surface area contributed by atoms with Crippen LogP contribution in [0.1, 0.15) is 213 Å². The first-order chi connectivity index (χ1) is 20.3. The SMILES string of the molecule is CCCCCCCCCCCC(=O)[O-].CCCCCCCCCCCC(=O)[O-].CCCCCCCCCCCC(=O)[O-].[Cr+3]. The van der Waals surface area contributed by atoms with Crippen LogP contribution in [-0.4, -0.2) is 17.9 Å². The van der Waals surface area contributed by atoms with Crippen LogP contribution < -0.4 is 15.3 Å². The van der Waals surface area contributed by atoms with Crippen molar-refractivity contribution in [2.75, 3.05) is 0 Å². The van der Waals surface area contributed by atoms with Gasteiger partial charge in [-0.15, -0.1) is 0 Å². The number of aliphatic carboxylic acids is 3. The van der Waals surface area contributed by atoms with Gasteiger partial charge >= 0.3 is 17.4 Å². The Bertz CT molecular complexity index is 480. The van der Waals surface area contributed by atoms with Crippen LogP contribution in [-0.2, 0) is 31.7 Å². The van der Waals surface area contributed by atoms with Crippen LogP contribution in [0.2, 0.25) is 0 Å². The van der Waals surface area contributed by atoms with Crippen LogP contribution in [0.5, 0.6) is 0 Å². The molecular formula is C36H69CrO6. The fourth-order valence-electron chi connectivity index (χ4n) is 4.74. The summed E-state index contributed by atoms with van der Waals surface area (Å²) in [5, 5.41) is 30.3. The van der Waals surface area contributed by atoms with Gasteiger partial charge in [0.05, 0.1) is 0 Å². The second kappa shape index (κ2) is 45.4. The molecule has 0 atom stereocenters. The van der Waals surface area contributed by atoms with Gasteiger partial charge in [-0.25, -0.2) is 0 Å². The molecule has 43 heavy (non-hydrogen) atoms. The van der Waals surface area contributed by atoms with Gasteiger partial charge in [0.1, 0.15) is 0 Å². The van der Waals surface area contributed by atoms with Crippen LogP contribution in [0.25, 0.3) is 0 Å². The van der Waals surface area contributed by atoms with Gasteiger partial charge < -0.3 is 29.7 Å². The maximum absolute atomic E-state index is 10.1. The number of hydrogen-bond donors (Lipinski definition) is 0. The van der Waals surface area contributed by atoms with Gasteiger partial charge in [-0.05, 0) is 38.5 Å². The molecule has 0 N–H and O–H groups in total. The molecule has 0 saturated carbocycles. The first kappa shape index (κ1) is 48.8. The molecule has 6 nitrogen and oxygen atoms in total. The molecule has 0 rings (SSSR count). The topological polar surface area (TPSA) is 120 Å². The summed E-state index contributed by atoms with van der Waals surface area (Å²) in [5.41, 5.74) is 0. The van der Waals surface area contributed by atoms with E-state index in [1.807, 2.05) is 0 Å². The zero-order chi connectivity index (χ0) is 31.9. The summed E-state index contributed by atoms with van der Waals surface area (Å²) in [6.07, 6.45) is 33.5. The Hall–Kier alpha value is -1.06. The van der Waals surface area contributed by atoms with Crippen molar-refractivity contribution in [2.45, 2.75) is 213 Å². The first-order valence-electron chi connectivity index (χ1n) is 17.9. The second-order valence-electron chi connectivity index (χ2n) is 11.9. The standard InChI is InChI=1S/3C12H24O2.Cr/c3*1-2-3-4-5-6-7-8-9-10-11-12(13)14;/h3*2-11H2,1H3,(H,13,14);/q;;;+3/p-3. The molecule has 0 spiro atoms. The van der Waals surface area contributed by atoms with Crippen LogP contribution in [0.4, 0.5) is 0 Å². The van der Waals surface area contributed by atoms with Crippen molar-refractivity contribution in [3.8, 4) is 0 Å². The third-order valence-electron chi connectivity index (χ3n) is 7.45. The Morgan fingerprint density at radius 1 is 0.302 bits per heavy atom. The molecule has 0 aromatic heterocycles. The van der Waals surface area contributed by atoms with Crippen LogP contribution in [0.15, 0.2) is 0 Å². The van der Waals surface area contributed by atoms with E-state index >= 15 is 0 Å². The van der Waals surface area contributed by atoms with E-state index in [0.29, 0.717) is 0 Å². The van der Waals surface area contributed by atoms with Crippen LogP contribution >= 0.6 is 0 Å². The average Bonchev–Trinajstić information content (AvgIpc) is 2.95. The summed E-state index contributed by atoms with van der Waals surface area (Å²) < 4.78 is 0. The molecule has 0 aliphatic rings. The first-order valence-corrected chi connectivity index (χ1v) is 17.9. The minimum atomic E-state index is -0.909. The third kappa shape index (κ3) is 60.9. The number of hydrogen-bond acceptors (Lipinski definition) is 6. The Morgan fingerprint density at radius 3 is 0.581 bits per heavy atom. The van der Waals surface area contributed by atoms with Crippen molar-refractivity contribution in [1.29, 1.82) is 0 Å². The summed E-state index contributed by atoms with van der Waals surface area (Å²) >= 11 is 0. The zero-order valence-electron chi connectivity index (χ0n) is 28.6. The van der Waals surface area contributed by atoms with Gasteiger partial charge in [-0.1, -0.05) is 175 Å². The van der Waals surface area contributed by atoms with Crippen molar-refractivity contribution < 1.29 is 47.1 Å². The molecule has 0 aromatic carbocycles. The van der Waals surface area contributed by atoms with Gasteiger partial charge in [-0.2, -0.15) is 0 Å². The largest absolute Gasteiger partial charge is 3.00 e. The molecule has 0 saturated heterocycles. The fraction of sp³-hybridized carbons (Fsp3) is 0.917. The smallest absolute Gasteiger partial charge is 0.550 e. The summed E-state index contributed by atoms with van der Waals surface area (Å²) in [5.74, 6) is -2.73. The van der Waals surface area contributed by atoms with Gasteiger partial charge in [0.25, 0.3) is 0 Å². The fourth-order valence-corrected chi connectivity index (χ4v) is 4.74. The molecule has 0 aliphatic heterocycles. The summed E-state index contributed by atoms with van der Waals surface area (Å²) in [4.78, 5) is 30.3. The molecule has 1 radical (unpaired) electrons. The predicted molar refractivity (Wildman–Crippen MR) is 171 cm³/mol. The molecular weight excluding hydrogens is 580 g/mol. The predicted octanol–water partition coefficient (Wildman–Crippen LogP) is 7.97. The number of carbonyl (C=O) groups excluding carboxylic acids is 3. The zero-order valence-corrected chi connectivity index (χ0v) is 29.8. The molecule has 0 fully saturated rings. The van der Waals surface area contributed by atoms with Crippen molar-refractivity contribution in [1.82, 2.24) is 0 Å².